The van der Waals surface area contributed by atoms with Gasteiger partial charge in [-0.3, -0.25) is 4.79 Å². The Labute approximate surface area is 95.2 Å². The molecule has 1 unspecified atom stereocenters. The number of aliphatic hydroxyl groups excluding tert-OH is 1. The van der Waals surface area contributed by atoms with Gasteiger partial charge in [0.05, 0.1) is 16.9 Å². The molecule has 1 rings (SSSR count). The van der Waals surface area contributed by atoms with Crippen molar-refractivity contribution in [1.82, 2.24) is 0 Å². The van der Waals surface area contributed by atoms with Gasteiger partial charge in [0.25, 0.3) is 5.91 Å². The number of rotatable bonds is 2. The number of nitrogens with two attached hydrogens (primary N) is 1. The predicted molar refractivity (Wildman–Crippen MR) is 56.2 cm³/mol. The van der Waals surface area contributed by atoms with Crippen LogP contribution in [-0.4, -0.2) is 17.1 Å². The summed E-state index contributed by atoms with van der Waals surface area (Å²) in [4.78, 5) is 11.1. The van der Waals surface area contributed by atoms with E-state index in [1.165, 1.54) is 6.92 Å². The summed E-state index contributed by atoms with van der Waals surface area (Å²) >= 11 is 0. The second-order valence-corrected chi connectivity index (χ2v) is 3.47. The molecule has 0 saturated heterocycles. The zero-order valence-corrected chi connectivity index (χ0v) is 8.88. The maximum Gasteiger partial charge on any atom is 0.416 e. The summed E-state index contributed by atoms with van der Waals surface area (Å²) in [6.45, 7) is 1.23. The predicted octanol–water partition coefficient (Wildman–Crippen LogP) is 1.61. The molecular weight excluding hydrogens is 237 g/mol. The third kappa shape index (κ3) is 3.35. The van der Waals surface area contributed by atoms with Crippen molar-refractivity contribution in [3.63, 3.8) is 0 Å². The highest BCUT2D eigenvalue weighted by atomic mass is 19.4. The molecule has 1 atom stereocenters. The van der Waals surface area contributed by atoms with Crippen LogP contribution in [0.25, 0.3) is 0 Å². The highest BCUT2D eigenvalue weighted by molar-refractivity contribution is 5.96. The van der Waals surface area contributed by atoms with Crippen molar-refractivity contribution in [2.24, 2.45) is 0 Å². The molecule has 7 heteroatoms. The third-order valence-corrected chi connectivity index (χ3v) is 2.02. The van der Waals surface area contributed by atoms with Crippen molar-refractivity contribution in [2.45, 2.75) is 19.2 Å². The first kappa shape index (κ1) is 13.3. The smallest absolute Gasteiger partial charge is 0.397 e. The van der Waals surface area contributed by atoms with Crippen molar-refractivity contribution >= 4 is 17.3 Å². The molecule has 4 N–H and O–H groups in total. The van der Waals surface area contributed by atoms with Crippen LogP contribution >= 0.6 is 0 Å². The van der Waals surface area contributed by atoms with Gasteiger partial charge in [-0.2, -0.15) is 13.2 Å². The van der Waals surface area contributed by atoms with Crippen LogP contribution < -0.4 is 11.1 Å². The zero-order valence-electron chi connectivity index (χ0n) is 8.88. The van der Waals surface area contributed by atoms with E-state index >= 15 is 0 Å². The van der Waals surface area contributed by atoms with Crippen LogP contribution in [0.3, 0.4) is 0 Å². The topological polar surface area (TPSA) is 75.3 Å². The lowest BCUT2D eigenvalue weighted by atomic mass is 10.1. The Morgan fingerprint density at radius 1 is 1.47 bits per heavy atom. The van der Waals surface area contributed by atoms with E-state index < -0.39 is 23.8 Å². The van der Waals surface area contributed by atoms with Gasteiger partial charge >= 0.3 is 6.18 Å². The van der Waals surface area contributed by atoms with Crippen LogP contribution in [0.5, 0.6) is 0 Å². The van der Waals surface area contributed by atoms with Crippen molar-refractivity contribution in [3.05, 3.63) is 23.8 Å². The number of carbonyl (C=O) groups excluding carboxylic acids is 1. The summed E-state index contributed by atoms with van der Waals surface area (Å²) in [5.41, 5.74) is 4.29. The Hall–Kier alpha value is -1.76. The third-order valence-electron chi connectivity index (χ3n) is 2.02. The van der Waals surface area contributed by atoms with E-state index in [0.29, 0.717) is 0 Å². The van der Waals surface area contributed by atoms with Crippen LogP contribution in [0.4, 0.5) is 24.5 Å². The number of carbonyl (C=O) groups is 1. The molecule has 4 nitrogen and oxygen atoms in total. The van der Waals surface area contributed by atoms with E-state index in [9.17, 15) is 18.0 Å². The van der Waals surface area contributed by atoms with Crippen molar-refractivity contribution in [1.29, 1.82) is 0 Å². The lowest BCUT2D eigenvalue weighted by Gasteiger charge is -2.12. The molecule has 94 valence electrons. The van der Waals surface area contributed by atoms with E-state index in [2.05, 4.69) is 5.32 Å². The summed E-state index contributed by atoms with van der Waals surface area (Å²) in [5.74, 6) is -0.739. The Morgan fingerprint density at radius 2 is 2.06 bits per heavy atom. The van der Waals surface area contributed by atoms with E-state index in [0.717, 1.165) is 18.2 Å². The van der Waals surface area contributed by atoms with Crippen LogP contribution in [-0.2, 0) is 11.0 Å². The lowest BCUT2D eigenvalue weighted by Crippen LogP contribution is -2.25. The second-order valence-electron chi connectivity index (χ2n) is 3.47. The molecule has 0 fully saturated rings. The number of nitrogen functional groups attached to an aromatic ring is 1. The summed E-state index contributed by atoms with van der Waals surface area (Å²) in [6, 6.07) is 2.56. The zero-order chi connectivity index (χ0) is 13.2. The molecule has 1 aromatic carbocycles. The maximum absolute atomic E-state index is 12.3. The monoisotopic (exact) mass is 248 g/mol. The molecule has 0 aromatic heterocycles. The second kappa shape index (κ2) is 4.62. The van der Waals surface area contributed by atoms with Gasteiger partial charge in [0.15, 0.2) is 0 Å². The SMILES string of the molecule is CC(O)C(=O)Nc1ccc(C(F)(F)F)cc1N. The fourth-order valence-corrected chi connectivity index (χ4v) is 1.09. The minimum absolute atomic E-state index is 0.0314. The molecule has 0 aliphatic rings. The molecule has 0 saturated carbocycles. The number of hydrogen-bond donors (Lipinski definition) is 3. The van der Waals surface area contributed by atoms with Gasteiger partial charge in [0.2, 0.25) is 0 Å². The molecule has 0 bridgehead atoms. The fourth-order valence-electron chi connectivity index (χ4n) is 1.09. The van der Waals surface area contributed by atoms with Crippen LogP contribution in [0.15, 0.2) is 18.2 Å². The number of nitrogens with one attached hydrogen (secondary N) is 1. The van der Waals surface area contributed by atoms with Gasteiger partial charge in [-0.25, -0.2) is 0 Å². The molecule has 17 heavy (non-hydrogen) atoms. The molecule has 0 aliphatic carbocycles. The minimum Gasteiger partial charge on any atom is -0.397 e. The standard InChI is InChI=1S/C10H11F3N2O2/c1-5(16)9(17)15-8-3-2-6(4-7(8)14)10(11,12)13/h2-5,16H,14H2,1H3,(H,15,17). The van der Waals surface area contributed by atoms with Crippen LogP contribution in [0.1, 0.15) is 12.5 Å². The van der Waals surface area contributed by atoms with Gasteiger partial charge in [0, 0.05) is 0 Å². The molecule has 1 amide bonds. The van der Waals surface area contributed by atoms with Gasteiger partial charge in [-0.05, 0) is 25.1 Å². The number of aliphatic hydroxyl groups is 1. The number of amides is 1. The largest absolute Gasteiger partial charge is 0.416 e. The fraction of sp³-hybridized carbons (Fsp3) is 0.300. The maximum atomic E-state index is 12.3. The Morgan fingerprint density at radius 3 is 2.47 bits per heavy atom. The molecule has 0 aliphatic heterocycles. The lowest BCUT2D eigenvalue weighted by molar-refractivity contribution is -0.137. The Kier molecular flexibility index (Phi) is 3.62. The van der Waals surface area contributed by atoms with Gasteiger partial charge in [0.1, 0.15) is 6.10 Å². The number of halogens is 3. The van der Waals surface area contributed by atoms with Crippen LogP contribution in [0.2, 0.25) is 0 Å². The summed E-state index contributed by atoms with van der Waals surface area (Å²) in [6.07, 6.45) is -5.75. The summed E-state index contributed by atoms with van der Waals surface area (Å²) in [5, 5.41) is 11.1. The number of benzene rings is 1. The number of hydrogen-bond acceptors (Lipinski definition) is 3. The quantitative estimate of drug-likeness (QED) is 0.696. The van der Waals surface area contributed by atoms with Crippen molar-refractivity contribution in [3.8, 4) is 0 Å². The Balaban J connectivity index is 2.95. The molecule has 0 heterocycles. The van der Waals surface area contributed by atoms with Gasteiger partial charge < -0.3 is 16.2 Å². The molecular formula is C10H11F3N2O2. The first-order valence-corrected chi connectivity index (χ1v) is 4.67. The average molecular weight is 248 g/mol. The highest BCUT2D eigenvalue weighted by Crippen LogP contribution is 2.32. The Bertz CT molecular complexity index is 430. The molecule has 0 spiro atoms. The highest BCUT2D eigenvalue weighted by Gasteiger charge is 2.30. The first-order valence-electron chi connectivity index (χ1n) is 4.67. The summed E-state index contributed by atoms with van der Waals surface area (Å²) < 4.78 is 36.9. The van der Waals surface area contributed by atoms with Crippen LogP contribution in [0, 0.1) is 0 Å². The van der Waals surface area contributed by atoms with E-state index in [-0.39, 0.29) is 11.4 Å². The van der Waals surface area contributed by atoms with Crippen molar-refractivity contribution < 1.29 is 23.1 Å². The number of anilines is 2. The first-order chi connectivity index (χ1) is 7.71. The normalized spacial score (nSPS) is 13.2. The summed E-state index contributed by atoms with van der Waals surface area (Å²) in [7, 11) is 0. The molecule has 0 radical (unpaired) electrons. The van der Waals surface area contributed by atoms with Gasteiger partial charge in [-0.15, -0.1) is 0 Å². The average Bonchev–Trinajstić information content (AvgIpc) is 2.19. The minimum atomic E-state index is -4.49. The van der Waals surface area contributed by atoms with Crippen molar-refractivity contribution in [2.75, 3.05) is 11.1 Å². The molecule has 1 aromatic rings. The van der Waals surface area contributed by atoms with E-state index in [4.69, 9.17) is 10.8 Å². The number of alkyl halides is 3. The van der Waals surface area contributed by atoms with E-state index in [1.54, 1.807) is 0 Å². The van der Waals surface area contributed by atoms with Gasteiger partial charge in [-0.1, -0.05) is 0 Å². The van der Waals surface area contributed by atoms with E-state index in [1.807, 2.05) is 0 Å².